The van der Waals surface area contributed by atoms with Crippen LogP contribution in [0.4, 0.5) is 10.5 Å². The Bertz CT molecular complexity index is 467. The van der Waals surface area contributed by atoms with Gasteiger partial charge in [0, 0.05) is 11.7 Å². The first-order chi connectivity index (χ1) is 9.63. The highest BCUT2D eigenvalue weighted by atomic mass is 32.1. The van der Waals surface area contributed by atoms with Gasteiger partial charge in [0.1, 0.15) is 0 Å². The van der Waals surface area contributed by atoms with E-state index in [9.17, 15) is 4.79 Å². The highest BCUT2D eigenvalue weighted by molar-refractivity contribution is 7.80. The zero-order valence-corrected chi connectivity index (χ0v) is 12.6. The standard InChI is InChI=1S/C15H21N3OS/c1-11-7-9-13(10-8-11)17-15(20)18-14(19)16-12-5-3-2-4-6-12/h7-10,12H,2-6H2,1H3,(H3,16,17,18,19,20). The molecule has 1 aromatic carbocycles. The fourth-order valence-electron chi connectivity index (χ4n) is 2.37. The molecule has 1 aliphatic rings. The number of carbonyl (C=O) groups excluding carboxylic acids is 1. The van der Waals surface area contributed by atoms with E-state index in [0.29, 0.717) is 5.11 Å². The SMILES string of the molecule is Cc1ccc(NC(=S)NC(=O)NC2CCCCC2)cc1. The van der Waals surface area contributed by atoms with E-state index >= 15 is 0 Å². The molecule has 0 spiro atoms. The molecule has 2 rings (SSSR count). The van der Waals surface area contributed by atoms with Crippen LogP contribution in [0.1, 0.15) is 37.7 Å². The number of anilines is 1. The molecule has 0 radical (unpaired) electrons. The number of hydrogen-bond acceptors (Lipinski definition) is 2. The summed E-state index contributed by atoms with van der Waals surface area (Å²) in [5.41, 5.74) is 2.06. The highest BCUT2D eigenvalue weighted by Crippen LogP contribution is 2.17. The molecular weight excluding hydrogens is 270 g/mol. The van der Waals surface area contributed by atoms with Crippen LogP contribution in [-0.2, 0) is 0 Å². The molecule has 3 N–H and O–H groups in total. The first-order valence-electron chi connectivity index (χ1n) is 7.08. The largest absolute Gasteiger partial charge is 0.335 e. The van der Waals surface area contributed by atoms with Crippen molar-refractivity contribution in [1.29, 1.82) is 0 Å². The van der Waals surface area contributed by atoms with Crippen LogP contribution >= 0.6 is 12.2 Å². The summed E-state index contributed by atoms with van der Waals surface area (Å²) < 4.78 is 0. The fraction of sp³-hybridized carbons (Fsp3) is 0.467. The van der Waals surface area contributed by atoms with Crippen LogP contribution in [0.5, 0.6) is 0 Å². The van der Waals surface area contributed by atoms with Crippen molar-refractivity contribution in [3.8, 4) is 0 Å². The van der Waals surface area contributed by atoms with Gasteiger partial charge in [-0.3, -0.25) is 5.32 Å². The third-order valence-corrected chi connectivity index (χ3v) is 3.68. The van der Waals surface area contributed by atoms with Crippen molar-refractivity contribution >= 4 is 29.0 Å². The lowest BCUT2D eigenvalue weighted by Gasteiger charge is -2.23. The average molecular weight is 291 g/mol. The second kappa shape index (κ2) is 7.24. The van der Waals surface area contributed by atoms with Crippen LogP contribution in [0, 0.1) is 6.92 Å². The van der Waals surface area contributed by atoms with E-state index in [1.807, 2.05) is 31.2 Å². The van der Waals surface area contributed by atoms with Crippen molar-refractivity contribution in [3.05, 3.63) is 29.8 Å². The fourth-order valence-corrected chi connectivity index (χ4v) is 2.58. The minimum atomic E-state index is -0.221. The molecular formula is C15H21N3OS. The van der Waals surface area contributed by atoms with Gasteiger partial charge in [0.05, 0.1) is 0 Å². The van der Waals surface area contributed by atoms with Crippen LogP contribution in [-0.4, -0.2) is 17.2 Å². The van der Waals surface area contributed by atoms with Crippen molar-refractivity contribution in [2.75, 3.05) is 5.32 Å². The number of carbonyl (C=O) groups is 1. The molecule has 0 aromatic heterocycles. The molecule has 0 bridgehead atoms. The third kappa shape index (κ3) is 4.81. The Hall–Kier alpha value is -1.62. The molecule has 108 valence electrons. The first-order valence-corrected chi connectivity index (χ1v) is 7.49. The van der Waals surface area contributed by atoms with Crippen molar-refractivity contribution in [1.82, 2.24) is 10.6 Å². The molecule has 4 nitrogen and oxygen atoms in total. The first kappa shape index (κ1) is 14.8. The molecule has 1 aromatic rings. The summed E-state index contributed by atoms with van der Waals surface area (Å²) in [5, 5.41) is 8.95. The number of aryl methyl sites for hydroxylation is 1. The maximum atomic E-state index is 11.8. The summed E-state index contributed by atoms with van der Waals surface area (Å²) in [6, 6.07) is 7.91. The lowest BCUT2D eigenvalue weighted by Crippen LogP contribution is -2.46. The number of hydrogen-bond donors (Lipinski definition) is 3. The van der Waals surface area contributed by atoms with E-state index in [0.717, 1.165) is 18.5 Å². The second-order valence-electron chi connectivity index (χ2n) is 5.25. The molecule has 1 aliphatic carbocycles. The third-order valence-electron chi connectivity index (χ3n) is 3.48. The van der Waals surface area contributed by atoms with Crippen LogP contribution in [0.15, 0.2) is 24.3 Å². The van der Waals surface area contributed by atoms with Crippen LogP contribution in [0.25, 0.3) is 0 Å². The summed E-state index contributed by atoms with van der Waals surface area (Å²) in [4.78, 5) is 11.8. The van der Waals surface area contributed by atoms with Crippen molar-refractivity contribution in [3.63, 3.8) is 0 Å². The molecule has 1 saturated carbocycles. The van der Waals surface area contributed by atoms with Gasteiger partial charge in [0.2, 0.25) is 0 Å². The highest BCUT2D eigenvalue weighted by Gasteiger charge is 2.15. The topological polar surface area (TPSA) is 53.2 Å². The number of amides is 2. The van der Waals surface area contributed by atoms with Crippen molar-refractivity contribution < 1.29 is 4.79 Å². The smallest absolute Gasteiger partial charge is 0.321 e. The van der Waals surface area contributed by atoms with E-state index < -0.39 is 0 Å². The quantitative estimate of drug-likeness (QED) is 0.733. The normalized spacial score (nSPS) is 15.4. The maximum Gasteiger partial charge on any atom is 0.321 e. The van der Waals surface area contributed by atoms with Crippen LogP contribution < -0.4 is 16.0 Å². The predicted molar refractivity (Wildman–Crippen MR) is 85.9 cm³/mol. The number of benzene rings is 1. The number of rotatable bonds is 2. The molecule has 5 heteroatoms. The van der Waals surface area contributed by atoms with Crippen molar-refractivity contribution in [2.45, 2.75) is 45.1 Å². The Labute approximate surface area is 125 Å². The number of nitrogens with one attached hydrogen (secondary N) is 3. The lowest BCUT2D eigenvalue weighted by molar-refractivity contribution is 0.237. The summed E-state index contributed by atoms with van der Waals surface area (Å²) in [6.45, 7) is 2.03. The van der Waals surface area contributed by atoms with E-state index in [1.165, 1.54) is 24.8 Å². The molecule has 1 fully saturated rings. The van der Waals surface area contributed by atoms with Gasteiger partial charge in [-0.05, 0) is 44.1 Å². The molecule has 0 unspecified atom stereocenters. The van der Waals surface area contributed by atoms with Gasteiger partial charge in [-0.2, -0.15) is 0 Å². The Morgan fingerprint density at radius 2 is 1.80 bits per heavy atom. The Balaban J connectivity index is 1.75. The number of urea groups is 1. The van der Waals surface area contributed by atoms with E-state index in [4.69, 9.17) is 12.2 Å². The van der Waals surface area contributed by atoms with Gasteiger partial charge in [-0.25, -0.2) is 4.79 Å². The Morgan fingerprint density at radius 3 is 2.45 bits per heavy atom. The maximum absolute atomic E-state index is 11.8. The molecule has 0 saturated heterocycles. The predicted octanol–water partition coefficient (Wildman–Crippen LogP) is 3.32. The Kier molecular flexibility index (Phi) is 5.35. The summed E-state index contributed by atoms with van der Waals surface area (Å²) in [5.74, 6) is 0. The van der Waals surface area contributed by atoms with E-state index in [1.54, 1.807) is 0 Å². The zero-order chi connectivity index (χ0) is 14.4. The Morgan fingerprint density at radius 1 is 1.15 bits per heavy atom. The van der Waals surface area contributed by atoms with Gasteiger partial charge >= 0.3 is 6.03 Å². The second-order valence-corrected chi connectivity index (χ2v) is 5.66. The van der Waals surface area contributed by atoms with Crippen LogP contribution in [0.3, 0.4) is 0 Å². The minimum absolute atomic E-state index is 0.221. The number of thiocarbonyl (C=S) groups is 1. The van der Waals surface area contributed by atoms with E-state index in [2.05, 4.69) is 16.0 Å². The van der Waals surface area contributed by atoms with Gasteiger partial charge in [0.25, 0.3) is 0 Å². The molecule has 0 heterocycles. The minimum Gasteiger partial charge on any atom is -0.335 e. The van der Waals surface area contributed by atoms with E-state index in [-0.39, 0.29) is 12.1 Å². The zero-order valence-electron chi connectivity index (χ0n) is 11.7. The van der Waals surface area contributed by atoms with Gasteiger partial charge < -0.3 is 10.6 Å². The molecule has 2 amide bonds. The van der Waals surface area contributed by atoms with Gasteiger partial charge in [-0.15, -0.1) is 0 Å². The van der Waals surface area contributed by atoms with Crippen molar-refractivity contribution in [2.24, 2.45) is 0 Å². The summed E-state index contributed by atoms with van der Waals surface area (Å²) >= 11 is 5.13. The van der Waals surface area contributed by atoms with Crippen LogP contribution in [0.2, 0.25) is 0 Å². The van der Waals surface area contributed by atoms with Gasteiger partial charge in [-0.1, -0.05) is 37.0 Å². The lowest BCUT2D eigenvalue weighted by atomic mass is 9.96. The average Bonchev–Trinajstić information content (AvgIpc) is 2.42. The molecule has 20 heavy (non-hydrogen) atoms. The summed E-state index contributed by atoms with van der Waals surface area (Å²) in [7, 11) is 0. The molecule has 0 atom stereocenters. The summed E-state index contributed by atoms with van der Waals surface area (Å²) in [6.07, 6.45) is 5.78. The monoisotopic (exact) mass is 291 g/mol. The van der Waals surface area contributed by atoms with Gasteiger partial charge in [0.15, 0.2) is 5.11 Å². The molecule has 0 aliphatic heterocycles.